The van der Waals surface area contributed by atoms with Crippen molar-refractivity contribution in [3.63, 3.8) is 0 Å². The fourth-order valence-electron chi connectivity index (χ4n) is 2.77. The van der Waals surface area contributed by atoms with Crippen LogP contribution in [0.5, 0.6) is 5.75 Å². The number of benzene rings is 2. The topological polar surface area (TPSA) is 9.23 Å². The highest BCUT2D eigenvalue weighted by atomic mass is 32.2. The van der Waals surface area contributed by atoms with Gasteiger partial charge in [-0.2, -0.15) is 0 Å². The molecule has 0 aromatic heterocycles. The molecular formula is C20H24OS2. The van der Waals surface area contributed by atoms with Crippen molar-refractivity contribution >= 4 is 23.5 Å². The Morgan fingerprint density at radius 2 is 1.48 bits per heavy atom. The molecule has 0 N–H and O–H groups in total. The largest absolute Gasteiger partial charge is 0.489 e. The predicted molar refractivity (Wildman–Crippen MR) is 103 cm³/mol. The van der Waals surface area contributed by atoms with Crippen LogP contribution in [-0.4, -0.2) is 10.5 Å². The lowest BCUT2D eigenvalue weighted by Gasteiger charge is -2.23. The summed E-state index contributed by atoms with van der Waals surface area (Å²) in [7, 11) is 0. The molecule has 3 rings (SSSR count). The summed E-state index contributed by atoms with van der Waals surface area (Å²) in [5.74, 6) is 0.937. The van der Waals surface area contributed by atoms with Gasteiger partial charge in [-0.1, -0.05) is 55.8 Å². The van der Waals surface area contributed by atoms with Gasteiger partial charge in [0.1, 0.15) is 12.4 Å². The molecule has 0 saturated carbocycles. The minimum absolute atomic E-state index is 0.161. The average molecular weight is 345 g/mol. The maximum atomic E-state index is 5.91. The van der Waals surface area contributed by atoms with E-state index in [2.05, 4.69) is 99.7 Å². The van der Waals surface area contributed by atoms with Crippen LogP contribution in [0, 0.1) is 6.92 Å². The summed E-state index contributed by atoms with van der Waals surface area (Å²) in [5, 5.41) is 1.39. The summed E-state index contributed by atoms with van der Waals surface area (Å²) in [4.78, 5) is 0. The third kappa shape index (κ3) is 3.89. The van der Waals surface area contributed by atoms with E-state index in [0.29, 0.717) is 17.1 Å². The molecule has 1 aliphatic heterocycles. The Balaban J connectivity index is 1.64. The fourth-order valence-corrected chi connectivity index (χ4v) is 6.58. The van der Waals surface area contributed by atoms with Gasteiger partial charge >= 0.3 is 0 Å². The highest BCUT2D eigenvalue weighted by molar-refractivity contribution is 8.21. The molecule has 0 aliphatic carbocycles. The predicted octanol–water partition coefficient (Wildman–Crippen LogP) is 6.00. The summed E-state index contributed by atoms with van der Waals surface area (Å²) in [6, 6.07) is 17.1. The van der Waals surface area contributed by atoms with Crippen molar-refractivity contribution in [2.45, 2.75) is 48.9 Å². The zero-order valence-corrected chi connectivity index (χ0v) is 15.8. The first-order valence-corrected chi connectivity index (χ1v) is 9.87. The van der Waals surface area contributed by atoms with Crippen molar-refractivity contribution in [1.82, 2.24) is 0 Å². The summed E-state index contributed by atoms with van der Waals surface area (Å²) in [5.41, 5.74) is 3.86. The molecule has 2 aromatic carbocycles. The first kappa shape index (κ1) is 16.8. The minimum atomic E-state index is 0.161. The van der Waals surface area contributed by atoms with E-state index < -0.39 is 0 Å². The Hall–Kier alpha value is -1.06. The summed E-state index contributed by atoms with van der Waals surface area (Å²) >= 11 is 4.14. The van der Waals surface area contributed by atoms with Crippen LogP contribution in [0.4, 0.5) is 0 Å². The van der Waals surface area contributed by atoms with E-state index in [1.165, 1.54) is 16.7 Å². The standard InChI is InChI=1S/C20H24OS2/c1-14-5-7-17(8-6-14)13-21-19-11-9-18(10-12-19)20(4)22-15(2)16(3)23-20/h5-12,15-16H,13H2,1-4H3. The van der Waals surface area contributed by atoms with Crippen LogP contribution in [0.2, 0.25) is 0 Å². The van der Waals surface area contributed by atoms with Crippen molar-refractivity contribution in [2.75, 3.05) is 0 Å². The molecule has 1 saturated heterocycles. The van der Waals surface area contributed by atoms with Crippen molar-refractivity contribution in [3.05, 3.63) is 65.2 Å². The highest BCUT2D eigenvalue weighted by Crippen LogP contribution is 2.58. The van der Waals surface area contributed by atoms with Gasteiger partial charge in [-0.05, 0) is 37.1 Å². The molecule has 1 nitrogen and oxygen atoms in total. The van der Waals surface area contributed by atoms with Crippen molar-refractivity contribution in [1.29, 1.82) is 0 Å². The third-order valence-electron chi connectivity index (χ3n) is 4.39. The molecule has 1 heterocycles. The number of thioether (sulfide) groups is 2. The summed E-state index contributed by atoms with van der Waals surface area (Å²) < 4.78 is 6.07. The Bertz CT molecular complexity index is 638. The Labute approximate surface area is 148 Å². The van der Waals surface area contributed by atoms with E-state index >= 15 is 0 Å². The van der Waals surface area contributed by atoms with Crippen LogP contribution in [-0.2, 0) is 10.7 Å². The van der Waals surface area contributed by atoms with Gasteiger partial charge in [-0.15, -0.1) is 23.5 Å². The Kier molecular flexibility index (Phi) is 4.98. The van der Waals surface area contributed by atoms with Gasteiger partial charge in [0.15, 0.2) is 0 Å². The van der Waals surface area contributed by atoms with E-state index in [1.807, 2.05) is 0 Å². The van der Waals surface area contributed by atoms with E-state index in [0.717, 1.165) is 5.75 Å². The lowest BCUT2D eigenvalue weighted by atomic mass is 10.1. The number of hydrogen-bond donors (Lipinski definition) is 0. The lowest BCUT2D eigenvalue weighted by Crippen LogP contribution is -2.09. The van der Waals surface area contributed by atoms with Gasteiger partial charge in [-0.3, -0.25) is 0 Å². The monoisotopic (exact) mass is 344 g/mol. The maximum absolute atomic E-state index is 5.91. The van der Waals surface area contributed by atoms with Crippen molar-refractivity contribution in [2.24, 2.45) is 0 Å². The Morgan fingerprint density at radius 1 is 0.913 bits per heavy atom. The van der Waals surface area contributed by atoms with Gasteiger partial charge < -0.3 is 4.74 Å². The molecule has 2 atom stereocenters. The molecular weight excluding hydrogens is 320 g/mol. The van der Waals surface area contributed by atoms with Crippen LogP contribution in [0.1, 0.15) is 37.5 Å². The first-order valence-electron chi connectivity index (χ1n) is 8.11. The molecule has 122 valence electrons. The molecule has 0 bridgehead atoms. The molecule has 3 heteroatoms. The summed E-state index contributed by atoms with van der Waals surface area (Å²) in [6.45, 7) is 9.71. The van der Waals surface area contributed by atoms with Gasteiger partial charge in [0.25, 0.3) is 0 Å². The van der Waals surface area contributed by atoms with E-state index in [-0.39, 0.29) is 4.08 Å². The molecule has 2 unspecified atom stereocenters. The molecule has 2 aromatic rings. The van der Waals surface area contributed by atoms with E-state index in [4.69, 9.17) is 4.74 Å². The second kappa shape index (κ2) is 6.82. The average Bonchev–Trinajstić information content (AvgIpc) is 2.81. The quantitative estimate of drug-likeness (QED) is 0.673. The van der Waals surface area contributed by atoms with Crippen LogP contribution in [0.15, 0.2) is 48.5 Å². The number of rotatable bonds is 4. The maximum Gasteiger partial charge on any atom is 0.119 e. The van der Waals surface area contributed by atoms with E-state index in [9.17, 15) is 0 Å². The normalized spacial score (nSPS) is 27.1. The van der Waals surface area contributed by atoms with Crippen molar-refractivity contribution in [3.8, 4) is 5.75 Å². The molecule has 1 fully saturated rings. The minimum Gasteiger partial charge on any atom is -0.489 e. The number of hydrogen-bond acceptors (Lipinski definition) is 3. The Morgan fingerprint density at radius 3 is 2.04 bits per heavy atom. The smallest absolute Gasteiger partial charge is 0.119 e. The SMILES string of the molecule is Cc1ccc(COc2ccc(C3(C)SC(C)C(C)S3)cc2)cc1. The zero-order chi connectivity index (χ0) is 16.4. The van der Waals surface area contributed by atoms with Crippen LogP contribution < -0.4 is 4.74 Å². The van der Waals surface area contributed by atoms with Crippen LogP contribution in [0.25, 0.3) is 0 Å². The fraction of sp³-hybridized carbons (Fsp3) is 0.400. The second-order valence-electron chi connectivity index (χ2n) is 6.39. The van der Waals surface area contributed by atoms with Crippen LogP contribution in [0.3, 0.4) is 0 Å². The van der Waals surface area contributed by atoms with Crippen LogP contribution >= 0.6 is 23.5 Å². The third-order valence-corrected chi connectivity index (χ3v) is 8.07. The van der Waals surface area contributed by atoms with Gasteiger partial charge in [0, 0.05) is 10.5 Å². The van der Waals surface area contributed by atoms with Gasteiger partial charge in [0.2, 0.25) is 0 Å². The number of aryl methyl sites for hydroxylation is 1. The van der Waals surface area contributed by atoms with Gasteiger partial charge in [-0.25, -0.2) is 0 Å². The van der Waals surface area contributed by atoms with E-state index in [1.54, 1.807) is 0 Å². The second-order valence-corrected chi connectivity index (χ2v) is 10.2. The molecule has 0 amide bonds. The highest BCUT2D eigenvalue weighted by Gasteiger charge is 2.40. The molecule has 1 aliphatic rings. The molecule has 23 heavy (non-hydrogen) atoms. The van der Waals surface area contributed by atoms with Crippen molar-refractivity contribution < 1.29 is 4.74 Å². The zero-order valence-electron chi connectivity index (χ0n) is 14.2. The first-order chi connectivity index (χ1) is 11.0. The van der Waals surface area contributed by atoms with Gasteiger partial charge in [0.05, 0.1) is 4.08 Å². The molecule has 0 spiro atoms. The lowest BCUT2D eigenvalue weighted by molar-refractivity contribution is 0.306. The number of ether oxygens (including phenoxy) is 1. The molecule has 0 radical (unpaired) electrons. The summed E-state index contributed by atoms with van der Waals surface area (Å²) in [6.07, 6.45) is 0.